The summed E-state index contributed by atoms with van der Waals surface area (Å²) in [5, 5.41) is 4.37. The van der Waals surface area contributed by atoms with Crippen molar-refractivity contribution >= 4 is 17.0 Å². The Kier molecular flexibility index (Phi) is 4.29. The SMILES string of the molecule is COC1=CN(c2cc3c(cc2F)OC(F)(F)O3)C2CC2=C(c2ccnn2-c2ccccc2)C1=O. The molecule has 1 aliphatic carbocycles. The first-order valence-corrected chi connectivity index (χ1v) is 10.4. The molecular weight excluding hydrogens is 451 g/mol. The first-order chi connectivity index (χ1) is 16.4. The van der Waals surface area contributed by atoms with Crippen molar-refractivity contribution in [1.29, 1.82) is 0 Å². The second-order valence-electron chi connectivity index (χ2n) is 7.94. The Hall–Kier alpha value is -4.21. The van der Waals surface area contributed by atoms with Crippen LogP contribution in [-0.2, 0) is 9.53 Å². The number of hydrogen-bond donors (Lipinski definition) is 0. The summed E-state index contributed by atoms with van der Waals surface area (Å²) in [5.41, 5.74) is 2.47. The van der Waals surface area contributed by atoms with E-state index in [9.17, 15) is 18.0 Å². The van der Waals surface area contributed by atoms with Gasteiger partial charge < -0.3 is 19.1 Å². The molecule has 1 atom stereocenters. The monoisotopic (exact) mass is 467 g/mol. The van der Waals surface area contributed by atoms with Gasteiger partial charge in [0.1, 0.15) is 0 Å². The highest BCUT2D eigenvalue weighted by Gasteiger charge is 2.47. The van der Waals surface area contributed by atoms with Crippen LogP contribution in [0.1, 0.15) is 12.1 Å². The molecule has 0 bridgehead atoms. The molecule has 2 aromatic carbocycles. The van der Waals surface area contributed by atoms with Gasteiger partial charge in [0.15, 0.2) is 23.1 Å². The number of halogens is 3. The van der Waals surface area contributed by atoms with Crippen molar-refractivity contribution in [3.05, 3.63) is 83.8 Å². The summed E-state index contributed by atoms with van der Waals surface area (Å²) in [6.07, 6.45) is -0.423. The van der Waals surface area contributed by atoms with E-state index >= 15 is 0 Å². The number of allylic oxidation sites excluding steroid dienone is 1. The Balaban J connectivity index is 1.45. The number of rotatable bonds is 4. The highest BCUT2D eigenvalue weighted by atomic mass is 19.3. The maximum Gasteiger partial charge on any atom is 0.586 e. The number of para-hydroxylation sites is 1. The summed E-state index contributed by atoms with van der Waals surface area (Å²) in [4.78, 5) is 15.0. The molecule has 7 nitrogen and oxygen atoms in total. The average Bonchev–Trinajstić information content (AvgIpc) is 3.33. The maximum atomic E-state index is 15.0. The van der Waals surface area contributed by atoms with E-state index in [1.54, 1.807) is 16.9 Å². The van der Waals surface area contributed by atoms with Crippen LogP contribution in [0.2, 0.25) is 0 Å². The Morgan fingerprint density at radius 3 is 2.59 bits per heavy atom. The van der Waals surface area contributed by atoms with Crippen LogP contribution >= 0.6 is 0 Å². The Bertz CT molecular complexity index is 1400. The third-order valence-corrected chi connectivity index (χ3v) is 5.89. The average molecular weight is 467 g/mol. The van der Waals surface area contributed by atoms with Crippen LogP contribution in [0.4, 0.5) is 18.9 Å². The van der Waals surface area contributed by atoms with Gasteiger partial charge in [0.2, 0.25) is 5.78 Å². The minimum Gasteiger partial charge on any atom is -0.491 e. The second kappa shape index (κ2) is 7.14. The lowest BCUT2D eigenvalue weighted by atomic mass is 10.1. The van der Waals surface area contributed by atoms with Crippen molar-refractivity contribution in [2.75, 3.05) is 12.0 Å². The van der Waals surface area contributed by atoms with E-state index in [0.29, 0.717) is 17.7 Å². The van der Waals surface area contributed by atoms with Crippen LogP contribution < -0.4 is 14.4 Å². The standard InChI is InChI=1S/C24H16F3N3O4/c1-32-21-12-29(18-11-20-19(10-15(18)25)33-24(26,27)34-20)17-9-14(17)22(23(21)31)16-7-8-28-30(16)13-5-3-2-4-6-13/h2-8,10-12,17H,9H2,1H3. The zero-order chi connectivity index (χ0) is 23.6. The summed E-state index contributed by atoms with van der Waals surface area (Å²) < 4.78 is 57.8. The first-order valence-electron chi connectivity index (χ1n) is 10.4. The van der Waals surface area contributed by atoms with Crippen molar-refractivity contribution in [3.63, 3.8) is 0 Å². The van der Waals surface area contributed by atoms with Gasteiger partial charge in [-0.05, 0) is 30.2 Å². The van der Waals surface area contributed by atoms with Crippen molar-refractivity contribution in [2.24, 2.45) is 0 Å². The van der Waals surface area contributed by atoms with Crippen LogP contribution in [0.5, 0.6) is 11.5 Å². The summed E-state index contributed by atoms with van der Waals surface area (Å²) in [5.74, 6) is -1.90. The minimum atomic E-state index is -3.87. The van der Waals surface area contributed by atoms with Gasteiger partial charge in [-0.2, -0.15) is 5.10 Å². The van der Waals surface area contributed by atoms with Crippen molar-refractivity contribution < 1.29 is 32.2 Å². The van der Waals surface area contributed by atoms with Crippen molar-refractivity contribution in [2.45, 2.75) is 18.8 Å². The quantitative estimate of drug-likeness (QED) is 0.566. The topological polar surface area (TPSA) is 65.8 Å². The number of ether oxygens (including phenoxy) is 3. The smallest absolute Gasteiger partial charge is 0.491 e. The highest BCUT2D eigenvalue weighted by molar-refractivity contribution is 6.29. The van der Waals surface area contributed by atoms with Gasteiger partial charge in [0.25, 0.3) is 0 Å². The number of hydrogen-bond acceptors (Lipinski definition) is 6. The molecule has 0 spiro atoms. The fourth-order valence-electron chi connectivity index (χ4n) is 4.32. The van der Waals surface area contributed by atoms with Crippen LogP contribution in [0.15, 0.2) is 72.3 Å². The highest BCUT2D eigenvalue weighted by Crippen LogP contribution is 2.50. The number of methoxy groups -OCH3 is 1. The van der Waals surface area contributed by atoms with E-state index in [1.165, 1.54) is 18.2 Å². The zero-order valence-electron chi connectivity index (χ0n) is 17.7. The molecule has 0 radical (unpaired) electrons. The summed E-state index contributed by atoms with van der Waals surface area (Å²) in [6.45, 7) is 0. The van der Waals surface area contributed by atoms with Gasteiger partial charge in [0.05, 0.1) is 48.2 Å². The van der Waals surface area contributed by atoms with E-state index in [0.717, 1.165) is 23.4 Å². The third-order valence-electron chi connectivity index (χ3n) is 5.89. The summed E-state index contributed by atoms with van der Waals surface area (Å²) in [7, 11) is 1.34. The fourth-order valence-corrected chi connectivity index (χ4v) is 4.32. The molecule has 2 aliphatic heterocycles. The predicted molar refractivity (Wildman–Crippen MR) is 114 cm³/mol. The van der Waals surface area contributed by atoms with Crippen molar-refractivity contribution in [3.8, 4) is 17.2 Å². The molecule has 3 aromatic rings. The molecule has 1 aromatic heterocycles. The number of Topliss-reactive ketones (excluding diaryl/α,β-unsaturated/α-hetero) is 1. The van der Waals surface area contributed by atoms with Crippen LogP contribution in [-0.4, -0.2) is 35.0 Å². The molecule has 1 saturated carbocycles. The fraction of sp³-hybridized carbons (Fsp3) is 0.167. The molecule has 3 heterocycles. The zero-order valence-corrected chi connectivity index (χ0v) is 17.7. The third kappa shape index (κ3) is 3.13. The molecule has 1 fully saturated rings. The normalized spacial score (nSPS) is 20.1. The Morgan fingerprint density at radius 2 is 1.85 bits per heavy atom. The number of nitrogens with zero attached hydrogens (tertiary/aromatic N) is 3. The molecule has 0 saturated heterocycles. The summed E-state index contributed by atoms with van der Waals surface area (Å²) in [6, 6.07) is 12.7. The van der Waals surface area contributed by atoms with E-state index in [-0.39, 0.29) is 29.0 Å². The van der Waals surface area contributed by atoms with E-state index in [4.69, 9.17) is 4.74 Å². The molecule has 0 amide bonds. The lowest BCUT2D eigenvalue weighted by Gasteiger charge is -2.21. The van der Waals surface area contributed by atoms with Gasteiger partial charge in [-0.1, -0.05) is 18.2 Å². The molecule has 10 heteroatoms. The number of carbonyl (C=O) groups is 1. The number of fused-ring (bicyclic) bond motifs is 2. The lowest BCUT2D eigenvalue weighted by molar-refractivity contribution is -0.286. The molecular formula is C24H16F3N3O4. The first kappa shape index (κ1) is 20.4. The lowest BCUT2D eigenvalue weighted by Crippen LogP contribution is -2.26. The van der Waals surface area contributed by atoms with Gasteiger partial charge in [-0.15, -0.1) is 8.78 Å². The molecule has 172 valence electrons. The maximum absolute atomic E-state index is 15.0. The minimum absolute atomic E-state index is 0.0297. The molecule has 34 heavy (non-hydrogen) atoms. The Morgan fingerprint density at radius 1 is 1.12 bits per heavy atom. The Labute approximate surface area is 191 Å². The predicted octanol–water partition coefficient (Wildman–Crippen LogP) is 4.44. The van der Waals surface area contributed by atoms with Crippen molar-refractivity contribution in [1.82, 2.24) is 9.78 Å². The molecule has 0 N–H and O–H groups in total. The summed E-state index contributed by atoms with van der Waals surface area (Å²) >= 11 is 0. The number of aromatic nitrogens is 2. The van der Waals surface area contributed by atoms with Crippen LogP contribution in [0.3, 0.4) is 0 Å². The van der Waals surface area contributed by atoms with Gasteiger partial charge >= 0.3 is 6.29 Å². The number of ketones is 1. The number of anilines is 1. The number of benzene rings is 2. The second-order valence-corrected chi connectivity index (χ2v) is 7.94. The van der Waals surface area contributed by atoms with Crippen LogP contribution in [0, 0.1) is 5.82 Å². The largest absolute Gasteiger partial charge is 0.586 e. The van der Waals surface area contributed by atoms with Gasteiger partial charge in [-0.3, -0.25) is 4.79 Å². The van der Waals surface area contributed by atoms with E-state index in [1.807, 2.05) is 30.3 Å². The van der Waals surface area contributed by atoms with Crippen LogP contribution in [0.25, 0.3) is 11.3 Å². The molecule has 1 unspecified atom stereocenters. The number of carbonyl (C=O) groups excluding carboxylic acids is 1. The van der Waals surface area contributed by atoms with Gasteiger partial charge in [0, 0.05) is 12.1 Å². The van der Waals surface area contributed by atoms with E-state index < -0.39 is 17.9 Å². The van der Waals surface area contributed by atoms with E-state index in [2.05, 4.69) is 14.6 Å². The molecule has 3 aliphatic rings. The number of alkyl halides is 2. The molecule has 6 rings (SSSR count). The van der Waals surface area contributed by atoms with Gasteiger partial charge in [-0.25, -0.2) is 9.07 Å².